The third-order valence-corrected chi connectivity index (χ3v) is 2.13. The van der Waals surface area contributed by atoms with Crippen LogP contribution < -0.4 is 0 Å². The highest BCUT2D eigenvalue weighted by Gasteiger charge is 2.24. The maximum atomic E-state index is 5.15. The Morgan fingerprint density at radius 2 is 2.36 bits per heavy atom. The molecule has 0 bridgehead atoms. The minimum absolute atomic E-state index is 0.257. The lowest BCUT2D eigenvalue weighted by Crippen LogP contribution is -1.97. The van der Waals surface area contributed by atoms with Crippen molar-refractivity contribution in [2.75, 3.05) is 6.61 Å². The second kappa shape index (κ2) is 2.88. The van der Waals surface area contributed by atoms with Crippen molar-refractivity contribution in [3.8, 4) is 5.82 Å². The molecule has 2 aromatic rings. The summed E-state index contributed by atoms with van der Waals surface area (Å²) in [7, 11) is 0. The van der Waals surface area contributed by atoms with Gasteiger partial charge in [-0.2, -0.15) is 5.10 Å². The van der Waals surface area contributed by atoms with E-state index in [2.05, 4.69) is 15.1 Å². The van der Waals surface area contributed by atoms with Crippen molar-refractivity contribution in [1.29, 1.82) is 0 Å². The van der Waals surface area contributed by atoms with Crippen LogP contribution in [0.15, 0.2) is 31.0 Å². The number of nitrogens with zero attached hydrogens (tertiary/aromatic N) is 4. The largest absolute Gasteiger partial charge is 0.368 e. The molecule has 5 heteroatoms. The smallest absolute Gasteiger partial charge is 0.155 e. The van der Waals surface area contributed by atoms with E-state index in [0.717, 1.165) is 18.0 Å². The van der Waals surface area contributed by atoms with Gasteiger partial charge in [-0.3, -0.25) is 0 Å². The van der Waals surface area contributed by atoms with Gasteiger partial charge in [0.1, 0.15) is 18.8 Å². The summed E-state index contributed by atoms with van der Waals surface area (Å²) >= 11 is 0. The molecule has 0 aromatic carbocycles. The van der Waals surface area contributed by atoms with Gasteiger partial charge < -0.3 is 4.74 Å². The van der Waals surface area contributed by atoms with Crippen molar-refractivity contribution < 1.29 is 4.74 Å². The lowest BCUT2D eigenvalue weighted by Gasteiger charge is -1.99. The van der Waals surface area contributed by atoms with E-state index in [4.69, 9.17) is 4.74 Å². The fourth-order valence-corrected chi connectivity index (χ4v) is 1.29. The van der Waals surface area contributed by atoms with E-state index in [1.165, 1.54) is 6.33 Å². The van der Waals surface area contributed by atoms with Crippen molar-refractivity contribution in [2.45, 2.75) is 6.10 Å². The SMILES string of the molecule is c1ncn(-c2ccc([C@@H]3CO3)cn2)n1. The van der Waals surface area contributed by atoms with Gasteiger partial charge in [0.2, 0.25) is 0 Å². The van der Waals surface area contributed by atoms with Crippen LogP contribution in [-0.2, 0) is 4.74 Å². The summed E-state index contributed by atoms with van der Waals surface area (Å²) in [6, 6.07) is 3.91. The quantitative estimate of drug-likeness (QED) is 0.652. The van der Waals surface area contributed by atoms with Gasteiger partial charge >= 0.3 is 0 Å². The Morgan fingerprint density at radius 3 is 2.93 bits per heavy atom. The van der Waals surface area contributed by atoms with Crippen LogP contribution in [0, 0.1) is 0 Å². The van der Waals surface area contributed by atoms with Crippen LogP contribution >= 0.6 is 0 Å². The number of rotatable bonds is 2. The molecule has 1 aliphatic heterocycles. The van der Waals surface area contributed by atoms with E-state index in [1.54, 1.807) is 11.0 Å². The van der Waals surface area contributed by atoms with Crippen molar-refractivity contribution in [1.82, 2.24) is 19.7 Å². The average molecular weight is 188 g/mol. The van der Waals surface area contributed by atoms with Crippen molar-refractivity contribution in [2.24, 2.45) is 0 Å². The van der Waals surface area contributed by atoms with E-state index in [0.29, 0.717) is 0 Å². The van der Waals surface area contributed by atoms with E-state index < -0.39 is 0 Å². The molecule has 3 heterocycles. The van der Waals surface area contributed by atoms with E-state index in [-0.39, 0.29) is 6.10 Å². The Bertz CT molecular complexity index is 419. The molecule has 1 atom stereocenters. The summed E-state index contributed by atoms with van der Waals surface area (Å²) in [4.78, 5) is 8.12. The van der Waals surface area contributed by atoms with Gasteiger partial charge in [-0.15, -0.1) is 0 Å². The predicted octanol–water partition coefficient (Wildman–Crippen LogP) is 0.734. The number of pyridine rings is 1. The average Bonchev–Trinajstić information content (AvgIpc) is 2.94. The van der Waals surface area contributed by atoms with E-state index in [1.807, 2.05) is 18.3 Å². The van der Waals surface area contributed by atoms with Gasteiger partial charge in [0.15, 0.2) is 5.82 Å². The van der Waals surface area contributed by atoms with Crippen LogP contribution in [-0.4, -0.2) is 26.4 Å². The van der Waals surface area contributed by atoms with Gasteiger partial charge in [-0.25, -0.2) is 14.6 Å². The second-order valence-corrected chi connectivity index (χ2v) is 3.11. The summed E-state index contributed by atoms with van der Waals surface area (Å²) in [6.07, 6.45) is 5.18. The molecular weight excluding hydrogens is 180 g/mol. The van der Waals surface area contributed by atoms with Gasteiger partial charge in [-0.1, -0.05) is 6.07 Å². The molecule has 1 saturated heterocycles. The number of aromatic nitrogens is 4. The van der Waals surface area contributed by atoms with Crippen LogP contribution in [0.2, 0.25) is 0 Å². The zero-order valence-corrected chi connectivity index (χ0v) is 7.37. The molecule has 2 aromatic heterocycles. The van der Waals surface area contributed by atoms with Gasteiger partial charge in [0.25, 0.3) is 0 Å². The van der Waals surface area contributed by atoms with Gasteiger partial charge in [0, 0.05) is 11.8 Å². The second-order valence-electron chi connectivity index (χ2n) is 3.11. The molecule has 0 N–H and O–H groups in total. The van der Waals surface area contributed by atoms with Crippen LogP contribution in [0.3, 0.4) is 0 Å². The molecule has 0 unspecified atom stereocenters. The standard InChI is InChI=1S/C9H8N4O/c1-2-9(13-6-10-5-12-13)11-3-7(1)8-4-14-8/h1-3,5-6,8H,4H2/t8-/m0/s1. The third-order valence-electron chi connectivity index (χ3n) is 2.13. The van der Waals surface area contributed by atoms with Crippen LogP contribution in [0.25, 0.3) is 5.82 Å². The predicted molar refractivity (Wildman–Crippen MR) is 47.8 cm³/mol. The zero-order valence-electron chi connectivity index (χ0n) is 7.37. The molecule has 0 amide bonds. The van der Waals surface area contributed by atoms with E-state index in [9.17, 15) is 0 Å². The fraction of sp³-hybridized carbons (Fsp3) is 0.222. The summed E-state index contributed by atoms with van der Waals surface area (Å²) in [5.74, 6) is 0.770. The summed E-state index contributed by atoms with van der Waals surface area (Å²) in [5, 5.41) is 3.99. The Balaban J connectivity index is 1.93. The first-order chi connectivity index (χ1) is 6.93. The Kier molecular flexibility index (Phi) is 1.57. The lowest BCUT2D eigenvalue weighted by molar-refractivity contribution is 0.415. The van der Waals surface area contributed by atoms with Crippen molar-refractivity contribution in [3.63, 3.8) is 0 Å². The van der Waals surface area contributed by atoms with Crippen LogP contribution in [0.5, 0.6) is 0 Å². The minimum Gasteiger partial charge on any atom is -0.368 e. The molecule has 5 nitrogen and oxygen atoms in total. The van der Waals surface area contributed by atoms with Crippen LogP contribution in [0.1, 0.15) is 11.7 Å². The normalized spacial score (nSPS) is 19.6. The first-order valence-corrected chi connectivity index (χ1v) is 4.36. The monoisotopic (exact) mass is 188 g/mol. The molecule has 70 valence electrons. The zero-order chi connectivity index (χ0) is 9.38. The summed E-state index contributed by atoms with van der Waals surface area (Å²) in [5.41, 5.74) is 1.12. The highest BCUT2D eigenvalue weighted by atomic mass is 16.6. The van der Waals surface area contributed by atoms with Crippen molar-refractivity contribution >= 4 is 0 Å². The maximum Gasteiger partial charge on any atom is 0.155 e. The third kappa shape index (κ3) is 1.27. The highest BCUT2D eigenvalue weighted by molar-refractivity contribution is 5.26. The molecule has 0 aliphatic carbocycles. The van der Waals surface area contributed by atoms with E-state index >= 15 is 0 Å². The first kappa shape index (κ1) is 7.64. The summed E-state index contributed by atoms with van der Waals surface area (Å²) < 4.78 is 6.77. The minimum atomic E-state index is 0.257. The fourth-order valence-electron chi connectivity index (χ4n) is 1.29. The first-order valence-electron chi connectivity index (χ1n) is 4.36. The summed E-state index contributed by atoms with van der Waals surface area (Å²) in [6.45, 7) is 0.810. The molecule has 0 saturated carbocycles. The Hall–Kier alpha value is -1.75. The number of epoxide rings is 1. The maximum absolute atomic E-state index is 5.15. The van der Waals surface area contributed by atoms with Gasteiger partial charge in [-0.05, 0) is 6.07 Å². The lowest BCUT2D eigenvalue weighted by atomic mass is 10.2. The number of ether oxygens (including phenoxy) is 1. The highest BCUT2D eigenvalue weighted by Crippen LogP contribution is 2.28. The molecule has 14 heavy (non-hydrogen) atoms. The topological polar surface area (TPSA) is 56.1 Å². The number of hydrogen-bond acceptors (Lipinski definition) is 4. The molecule has 3 rings (SSSR count). The Morgan fingerprint density at radius 1 is 1.43 bits per heavy atom. The van der Waals surface area contributed by atoms with Crippen LogP contribution in [0.4, 0.5) is 0 Å². The Labute approximate surface area is 80.4 Å². The molecule has 1 aliphatic rings. The molecule has 1 fully saturated rings. The molecule has 0 spiro atoms. The van der Waals surface area contributed by atoms with Crippen molar-refractivity contribution in [3.05, 3.63) is 36.5 Å². The molecule has 0 radical (unpaired) electrons. The number of hydrogen-bond donors (Lipinski definition) is 0. The molecular formula is C9H8N4O. The van der Waals surface area contributed by atoms with Gasteiger partial charge in [0.05, 0.1) is 6.61 Å².